The van der Waals surface area contributed by atoms with Gasteiger partial charge in [0.15, 0.2) is 11.5 Å². The summed E-state index contributed by atoms with van der Waals surface area (Å²) in [6.45, 7) is 8.31. The number of carbonyl (C=O) groups is 1. The molecule has 0 bridgehead atoms. The fourth-order valence-electron chi connectivity index (χ4n) is 5.26. The van der Waals surface area contributed by atoms with Gasteiger partial charge >= 0.3 is 0 Å². The van der Waals surface area contributed by atoms with Crippen molar-refractivity contribution >= 4 is 28.9 Å². The van der Waals surface area contributed by atoms with Crippen LogP contribution < -0.4 is 21.0 Å². The van der Waals surface area contributed by atoms with Crippen LogP contribution in [0.2, 0.25) is 0 Å². The molecular formula is C28H42N8O4. The van der Waals surface area contributed by atoms with Gasteiger partial charge in [0.1, 0.15) is 5.82 Å². The number of hydrogen-bond donors (Lipinski definition) is 4. The zero-order chi connectivity index (χ0) is 27.7. The van der Waals surface area contributed by atoms with Gasteiger partial charge in [-0.25, -0.2) is 15.4 Å². The molecule has 2 saturated heterocycles. The van der Waals surface area contributed by atoms with Crippen molar-refractivity contribution in [3.8, 4) is 0 Å². The zero-order valence-electron chi connectivity index (χ0n) is 23.3. The standard InChI is InChI=1S/C28H42N8O4/c1-34-10-12-36(13-11-34)23-6-2-22(3-7-23)31-27-26(28(38)33-40-19-16-35-14-17-39-18-15-35)29-20-25(32-27)30-21-4-8-24(37)9-5-21/h2-3,6-7,20-21,24,37H,4-5,8-19H2,1H3,(H,33,38)(H2,30,31,32). The van der Waals surface area contributed by atoms with Crippen LogP contribution in [0.25, 0.3) is 0 Å². The Bertz CT molecular complexity index is 1080. The maximum atomic E-state index is 13.1. The highest BCUT2D eigenvalue weighted by atomic mass is 16.7. The molecule has 4 N–H and O–H groups in total. The molecule has 12 heteroatoms. The van der Waals surface area contributed by atoms with Crippen molar-refractivity contribution in [3.05, 3.63) is 36.2 Å². The molecule has 0 atom stereocenters. The summed E-state index contributed by atoms with van der Waals surface area (Å²) in [6.07, 6.45) is 4.59. The molecule has 2 aromatic rings. The summed E-state index contributed by atoms with van der Waals surface area (Å²) >= 11 is 0. The van der Waals surface area contributed by atoms with Crippen LogP contribution in [0.1, 0.15) is 36.2 Å². The molecule has 1 saturated carbocycles. The molecule has 3 heterocycles. The number of nitrogens with one attached hydrogen (secondary N) is 3. The topological polar surface area (TPSA) is 127 Å². The van der Waals surface area contributed by atoms with Gasteiger partial charge in [0, 0.05) is 63.2 Å². The lowest BCUT2D eigenvalue weighted by molar-refractivity contribution is -0.00192. The Balaban J connectivity index is 1.24. The molecule has 12 nitrogen and oxygen atoms in total. The van der Waals surface area contributed by atoms with Gasteiger partial charge in [-0.2, -0.15) is 0 Å². The second-order valence-corrected chi connectivity index (χ2v) is 10.8. The highest BCUT2D eigenvalue weighted by Gasteiger charge is 2.22. The van der Waals surface area contributed by atoms with Gasteiger partial charge in [-0.15, -0.1) is 0 Å². The smallest absolute Gasteiger partial charge is 0.297 e. The first kappa shape index (κ1) is 28.5. The molecular weight excluding hydrogens is 512 g/mol. The second kappa shape index (κ2) is 14.0. The van der Waals surface area contributed by atoms with Crippen molar-refractivity contribution in [2.75, 3.05) is 88.2 Å². The van der Waals surface area contributed by atoms with E-state index in [1.54, 1.807) is 6.20 Å². The summed E-state index contributed by atoms with van der Waals surface area (Å²) in [5, 5.41) is 16.6. The Kier molecular flexibility index (Phi) is 10.0. The van der Waals surface area contributed by atoms with Gasteiger partial charge in [0.2, 0.25) is 0 Å². The number of nitrogens with zero attached hydrogens (tertiary/aromatic N) is 5. The van der Waals surface area contributed by atoms with Crippen molar-refractivity contribution in [1.82, 2.24) is 25.2 Å². The number of hydrogen-bond acceptors (Lipinski definition) is 11. The minimum absolute atomic E-state index is 0.152. The molecule has 3 fully saturated rings. The largest absolute Gasteiger partial charge is 0.393 e. The van der Waals surface area contributed by atoms with Gasteiger partial charge < -0.3 is 30.3 Å². The van der Waals surface area contributed by atoms with E-state index in [9.17, 15) is 9.90 Å². The highest BCUT2D eigenvalue weighted by Crippen LogP contribution is 2.25. The van der Waals surface area contributed by atoms with Crippen LogP contribution in [0.15, 0.2) is 30.5 Å². The normalized spacial score (nSPS) is 22.6. The summed E-state index contributed by atoms with van der Waals surface area (Å²) in [4.78, 5) is 34.7. The number of likely N-dealkylation sites (N-methyl/N-ethyl adjacent to an activating group) is 1. The monoisotopic (exact) mass is 554 g/mol. The fraction of sp³-hybridized carbons (Fsp3) is 0.607. The summed E-state index contributed by atoms with van der Waals surface area (Å²) in [5.74, 6) is 0.476. The fourth-order valence-corrected chi connectivity index (χ4v) is 5.26. The van der Waals surface area contributed by atoms with Crippen LogP contribution >= 0.6 is 0 Å². The number of benzene rings is 1. The van der Waals surface area contributed by atoms with E-state index in [1.165, 1.54) is 5.69 Å². The first-order valence-corrected chi connectivity index (χ1v) is 14.4. The SMILES string of the molecule is CN1CCN(c2ccc(Nc3nc(NC4CCC(O)CC4)cnc3C(=O)NOCCN3CCOCC3)cc2)CC1. The van der Waals surface area contributed by atoms with E-state index < -0.39 is 5.91 Å². The maximum Gasteiger partial charge on any atom is 0.297 e. The number of hydroxylamine groups is 1. The lowest BCUT2D eigenvalue weighted by atomic mass is 9.93. The molecule has 1 aromatic carbocycles. The second-order valence-electron chi connectivity index (χ2n) is 10.8. The van der Waals surface area contributed by atoms with Crippen molar-refractivity contribution in [1.29, 1.82) is 0 Å². The van der Waals surface area contributed by atoms with Gasteiger partial charge in [0.25, 0.3) is 5.91 Å². The Morgan fingerprint density at radius 2 is 1.77 bits per heavy atom. The molecule has 0 spiro atoms. The average Bonchev–Trinajstić information content (AvgIpc) is 2.98. The molecule has 40 heavy (non-hydrogen) atoms. The summed E-state index contributed by atoms with van der Waals surface area (Å²) < 4.78 is 5.37. The molecule has 3 aliphatic rings. The average molecular weight is 555 g/mol. The number of morpholine rings is 1. The van der Waals surface area contributed by atoms with Crippen LogP contribution in [-0.2, 0) is 9.57 Å². The Hall–Kier alpha value is -3.03. The quantitative estimate of drug-likeness (QED) is 0.253. The predicted octanol–water partition coefficient (Wildman–Crippen LogP) is 1.68. The number of ether oxygens (including phenoxy) is 1. The lowest BCUT2D eigenvalue weighted by Crippen LogP contribution is -2.44. The van der Waals surface area contributed by atoms with Gasteiger partial charge in [-0.1, -0.05) is 0 Å². The van der Waals surface area contributed by atoms with E-state index in [0.717, 1.165) is 83.9 Å². The highest BCUT2D eigenvalue weighted by molar-refractivity contribution is 5.97. The van der Waals surface area contributed by atoms with E-state index in [0.29, 0.717) is 24.8 Å². The maximum absolute atomic E-state index is 13.1. The molecule has 1 aromatic heterocycles. The van der Waals surface area contributed by atoms with Crippen molar-refractivity contribution in [3.63, 3.8) is 0 Å². The Morgan fingerprint density at radius 3 is 2.50 bits per heavy atom. The number of amides is 1. The van der Waals surface area contributed by atoms with Crippen molar-refractivity contribution in [2.45, 2.75) is 37.8 Å². The van der Waals surface area contributed by atoms with Crippen LogP contribution in [-0.4, -0.2) is 116 Å². The molecule has 218 valence electrons. The molecule has 0 unspecified atom stereocenters. The van der Waals surface area contributed by atoms with Crippen LogP contribution in [0, 0.1) is 0 Å². The first-order chi connectivity index (χ1) is 19.5. The minimum atomic E-state index is -0.460. The summed E-state index contributed by atoms with van der Waals surface area (Å²) in [7, 11) is 2.15. The van der Waals surface area contributed by atoms with E-state index in [-0.39, 0.29) is 17.8 Å². The van der Waals surface area contributed by atoms with Gasteiger partial charge in [-0.05, 0) is 57.0 Å². The van der Waals surface area contributed by atoms with Gasteiger partial charge in [-0.3, -0.25) is 14.5 Å². The van der Waals surface area contributed by atoms with E-state index in [4.69, 9.17) is 14.6 Å². The van der Waals surface area contributed by atoms with E-state index in [2.05, 4.69) is 55.0 Å². The number of rotatable bonds is 10. The summed E-state index contributed by atoms with van der Waals surface area (Å²) in [5.41, 5.74) is 4.66. The number of aromatic nitrogens is 2. The van der Waals surface area contributed by atoms with Gasteiger partial charge in [0.05, 0.1) is 32.1 Å². The number of aliphatic hydroxyl groups excluding tert-OH is 1. The Morgan fingerprint density at radius 1 is 1.05 bits per heavy atom. The summed E-state index contributed by atoms with van der Waals surface area (Å²) in [6, 6.07) is 8.38. The number of piperazine rings is 1. The number of aliphatic hydroxyl groups is 1. The van der Waals surface area contributed by atoms with Crippen LogP contribution in [0.3, 0.4) is 0 Å². The molecule has 2 aliphatic heterocycles. The van der Waals surface area contributed by atoms with Crippen LogP contribution in [0.4, 0.5) is 23.0 Å². The third-order valence-corrected chi connectivity index (χ3v) is 7.81. The predicted molar refractivity (Wildman–Crippen MR) is 154 cm³/mol. The zero-order valence-corrected chi connectivity index (χ0v) is 23.3. The molecule has 0 radical (unpaired) electrons. The third-order valence-electron chi connectivity index (χ3n) is 7.81. The molecule has 1 aliphatic carbocycles. The molecule has 5 rings (SSSR count). The number of carbonyl (C=O) groups excluding carboxylic acids is 1. The Labute approximate surface area is 236 Å². The number of anilines is 4. The lowest BCUT2D eigenvalue weighted by Gasteiger charge is -2.34. The van der Waals surface area contributed by atoms with E-state index >= 15 is 0 Å². The minimum Gasteiger partial charge on any atom is -0.393 e. The first-order valence-electron chi connectivity index (χ1n) is 14.4. The van der Waals surface area contributed by atoms with Crippen LogP contribution in [0.5, 0.6) is 0 Å². The van der Waals surface area contributed by atoms with Crippen molar-refractivity contribution < 1.29 is 19.5 Å². The van der Waals surface area contributed by atoms with Crippen molar-refractivity contribution in [2.24, 2.45) is 0 Å². The van der Waals surface area contributed by atoms with E-state index in [1.807, 2.05) is 12.1 Å². The third kappa shape index (κ3) is 8.01. The molecule has 1 amide bonds.